The number of amides is 3. The second-order valence-corrected chi connectivity index (χ2v) is 10.3. The van der Waals surface area contributed by atoms with Crippen molar-refractivity contribution in [3.05, 3.63) is 66.0 Å². The van der Waals surface area contributed by atoms with Crippen LogP contribution in [0.1, 0.15) is 42.7 Å². The van der Waals surface area contributed by atoms with Gasteiger partial charge in [-0.2, -0.15) is 0 Å². The van der Waals surface area contributed by atoms with Gasteiger partial charge in [-0.15, -0.1) is 0 Å². The lowest BCUT2D eigenvalue weighted by molar-refractivity contribution is -0.141. The zero-order valence-corrected chi connectivity index (χ0v) is 23.9. The van der Waals surface area contributed by atoms with E-state index in [-0.39, 0.29) is 41.8 Å². The highest BCUT2D eigenvalue weighted by atomic mass is 19.1. The topological polar surface area (TPSA) is 121 Å². The maximum absolute atomic E-state index is 13.8. The minimum Gasteiger partial charge on any atom is -0.379 e. The van der Waals surface area contributed by atoms with Crippen LogP contribution in [0.3, 0.4) is 0 Å². The first kappa shape index (κ1) is 30.1. The van der Waals surface area contributed by atoms with Crippen molar-refractivity contribution in [3.63, 3.8) is 0 Å². The van der Waals surface area contributed by atoms with Gasteiger partial charge in [0, 0.05) is 51.4 Å². The number of likely N-dealkylation sites (tertiary alicyclic amines) is 1. The van der Waals surface area contributed by atoms with Gasteiger partial charge >= 0.3 is 0 Å². The number of aromatic nitrogens is 3. The van der Waals surface area contributed by atoms with E-state index in [9.17, 15) is 18.8 Å². The van der Waals surface area contributed by atoms with Gasteiger partial charge in [-0.05, 0) is 63.9 Å². The Kier molecular flexibility index (Phi) is 10.0. The molecule has 4 rings (SSSR count). The minimum absolute atomic E-state index is 0.248. The van der Waals surface area contributed by atoms with E-state index < -0.39 is 18.2 Å². The molecule has 2 N–H and O–H groups in total. The highest BCUT2D eigenvalue weighted by Gasteiger charge is 2.38. The third kappa shape index (κ3) is 7.25. The van der Waals surface area contributed by atoms with E-state index in [0.717, 1.165) is 12.0 Å². The molecule has 3 aromatic rings. The summed E-state index contributed by atoms with van der Waals surface area (Å²) in [6.45, 7) is 4.59. The Morgan fingerprint density at radius 3 is 2.66 bits per heavy atom. The Morgan fingerprint density at radius 1 is 1.22 bits per heavy atom. The molecule has 1 aliphatic rings. The number of fused-ring (bicyclic) bond motifs is 1. The summed E-state index contributed by atoms with van der Waals surface area (Å²) >= 11 is 0. The van der Waals surface area contributed by atoms with Gasteiger partial charge < -0.3 is 25.2 Å². The Morgan fingerprint density at radius 2 is 1.98 bits per heavy atom. The van der Waals surface area contributed by atoms with E-state index in [1.807, 2.05) is 0 Å². The lowest BCUT2D eigenvalue weighted by atomic mass is 10.1. The van der Waals surface area contributed by atoms with Crippen LogP contribution < -0.4 is 10.6 Å². The highest BCUT2D eigenvalue weighted by molar-refractivity contribution is 5.93. The third-order valence-electron chi connectivity index (χ3n) is 7.65. The molecule has 4 unspecified atom stereocenters. The van der Waals surface area contributed by atoms with Gasteiger partial charge in [0.15, 0.2) is 0 Å². The monoisotopic (exact) mass is 567 g/mol. The minimum atomic E-state index is -0.878. The first-order chi connectivity index (χ1) is 19.7. The van der Waals surface area contributed by atoms with Crippen LogP contribution >= 0.6 is 0 Å². The largest absolute Gasteiger partial charge is 0.379 e. The molecule has 0 spiro atoms. The van der Waals surface area contributed by atoms with Gasteiger partial charge in [-0.3, -0.25) is 18.8 Å². The number of ether oxygens (including phenoxy) is 1. The fraction of sp³-hybridized carbons (Fsp3) is 0.483. The van der Waals surface area contributed by atoms with Crippen molar-refractivity contribution in [2.75, 3.05) is 33.8 Å². The summed E-state index contributed by atoms with van der Waals surface area (Å²) in [6, 6.07) is 6.32. The molecule has 1 saturated heterocycles. The van der Waals surface area contributed by atoms with Crippen LogP contribution in [0.5, 0.6) is 0 Å². The van der Waals surface area contributed by atoms with E-state index in [1.54, 1.807) is 71.9 Å². The number of hydrogen-bond acceptors (Lipinski definition) is 7. The van der Waals surface area contributed by atoms with Crippen molar-refractivity contribution in [2.24, 2.45) is 0 Å². The number of carbonyl (C=O) groups excluding carboxylic acids is 3. The summed E-state index contributed by atoms with van der Waals surface area (Å²) in [4.78, 5) is 52.3. The zero-order valence-electron chi connectivity index (χ0n) is 23.9. The number of methoxy groups -OCH3 is 1. The predicted molar refractivity (Wildman–Crippen MR) is 151 cm³/mol. The smallest absolute Gasteiger partial charge is 0.274 e. The number of halogens is 1. The third-order valence-corrected chi connectivity index (χ3v) is 7.65. The van der Waals surface area contributed by atoms with Crippen LogP contribution in [0.15, 0.2) is 48.9 Å². The van der Waals surface area contributed by atoms with Crippen molar-refractivity contribution >= 4 is 23.5 Å². The van der Waals surface area contributed by atoms with Crippen molar-refractivity contribution in [1.29, 1.82) is 0 Å². The van der Waals surface area contributed by atoms with Crippen molar-refractivity contribution in [1.82, 2.24) is 34.8 Å². The molecule has 3 heterocycles. The molecule has 12 heteroatoms. The number of hydrogen-bond donors (Lipinski definition) is 2. The van der Waals surface area contributed by atoms with Crippen molar-refractivity contribution in [2.45, 2.75) is 57.3 Å². The molecule has 0 saturated carbocycles. The molecule has 3 amide bonds. The van der Waals surface area contributed by atoms with Gasteiger partial charge in [-0.25, -0.2) is 14.4 Å². The SMILES string of the molecule is CNC(C)C(=O)NC(C(=O)N1CCCC1CN(CCc1ccc(F)cc1)C(=O)c1cn2cccnc2n1)C(C)OC. The normalized spacial score (nSPS) is 17.3. The number of rotatable bonds is 12. The van der Waals surface area contributed by atoms with E-state index in [4.69, 9.17) is 4.74 Å². The molecule has 11 nitrogen and oxygen atoms in total. The summed E-state index contributed by atoms with van der Waals surface area (Å²) in [6.07, 6.45) is 6.43. The van der Waals surface area contributed by atoms with Crippen LogP contribution in [-0.4, -0.2) is 99.9 Å². The van der Waals surface area contributed by atoms with E-state index >= 15 is 0 Å². The molecule has 1 aromatic carbocycles. The summed E-state index contributed by atoms with van der Waals surface area (Å²) in [5.74, 6) is -0.747. The summed E-state index contributed by atoms with van der Waals surface area (Å²) in [5, 5.41) is 5.72. The number of likely N-dealkylation sites (N-methyl/N-ethyl adjacent to an activating group) is 1. The second-order valence-electron chi connectivity index (χ2n) is 10.3. The average Bonchev–Trinajstić information content (AvgIpc) is 3.64. The number of imidazole rings is 1. The highest BCUT2D eigenvalue weighted by Crippen LogP contribution is 2.22. The number of nitrogens with zero attached hydrogens (tertiary/aromatic N) is 5. The van der Waals surface area contributed by atoms with Crippen LogP contribution in [0.2, 0.25) is 0 Å². The van der Waals surface area contributed by atoms with Crippen LogP contribution in [0, 0.1) is 5.82 Å². The van der Waals surface area contributed by atoms with Crippen molar-refractivity contribution in [3.8, 4) is 0 Å². The molecule has 0 bridgehead atoms. The van der Waals surface area contributed by atoms with E-state index in [0.29, 0.717) is 31.7 Å². The zero-order chi connectivity index (χ0) is 29.5. The molecule has 1 aliphatic heterocycles. The fourth-order valence-corrected chi connectivity index (χ4v) is 4.96. The quantitative estimate of drug-likeness (QED) is 0.342. The first-order valence-electron chi connectivity index (χ1n) is 13.9. The lowest BCUT2D eigenvalue weighted by Crippen LogP contribution is -2.58. The molecule has 0 radical (unpaired) electrons. The Hall–Kier alpha value is -3.90. The molecule has 0 aliphatic carbocycles. The Labute approximate surface area is 239 Å². The maximum atomic E-state index is 13.8. The second kappa shape index (κ2) is 13.6. The fourth-order valence-electron chi connectivity index (χ4n) is 4.96. The number of nitrogens with one attached hydrogen (secondary N) is 2. The molecule has 2 aromatic heterocycles. The van der Waals surface area contributed by atoms with Gasteiger partial charge in [0.05, 0.1) is 12.1 Å². The van der Waals surface area contributed by atoms with Crippen LogP contribution in [0.4, 0.5) is 4.39 Å². The average molecular weight is 568 g/mol. The predicted octanol–water partition coefficient (Wildman–Crippen LogP) is 1.67. The summed E-state index contributed by atoms with van der Waals surface area (Å²) in [5.41, 5.74) is 1.13. The lowest BCUT2D eigenvalue weighted by Gasteiger charge is -2.34. The van der Waals surface area contributed by atoms with Crippen molar-refractivity contribution < 1.29 is 23.5 Å². The molecule has 4 atom stereocenters. The van der Waals surface area contributed by atoms with Gasteiger partial charge in [-0.1, -0.05) is 12.1 Å². The van der Waals surface area contributed by atoms with Crippen LogP contribution in [-0.2, 0) is 20.7 Å². The summed E-state index contributed by atoms with van der Waals surface area (Å²) in [7, 11) is 3.17. The van der Waals surface area contributed by atoms with E-state index in [1.165, 1.54) is 19.2 Å². The first-order valence-corrected chi connectivity index (χ1v) is 13.9. The molecular weight excluding hydrogens is 529 g/mol. The van der Waals surface area contributed by atoms with Gasteiger partial charge in [0.2, 0.25) is 17.6 Å². The molecule has 41 heavy (non-hydrogen) atoms. The number of carbonyl (C=O) groups is 3. The number of benzene rings is 1. The molecular formula is C29H38FN7O4. The molecule has 1 fully saturated rings. The maximum Gasteiger partial charge on any atom is 0.274 e. The Bertz CT molecular complexity index is 1320. The van der Waals surface area contributed by atoms with Gasteiger partial charge in [0.1, 0.15) is 17.6 Å². The molecule has 220 valence electrons. The van der Waals surface area contributed by atoms with Gasteiger partial charge in [0.25, 0.3) is 5.91 Å². The Balaban J connectivity index is 1.56. The van der Waals surface area contributed by atoms with Crippen LogP contribution in [0.25, 0.3) is 5.78 Å². The van der Waals surface area contributed by atoms with E-state index in [2.05, 4.69) is 20.6 Å². The standard InChI is InChI=1S/C29H38FN7O4/c1-19(31-3)26(38)34-25(20(2)41-4)28(40)37-15-5-7-23(37)17-35(16-12-21-8-10-22(30)11-9-21)27(39)24-18-36-14-6-13-32-29(36)33-24/h6,8-11,13-14,18-20,23,25,31H,5,7,12,15-17H2,1-4H3,(H,34,38). The summed E-state index contributed by atoms with van der Waals surface area (Å²) < 4.78 is 20.6.